The third kappa shape index (κ3) is 4.40. The fourth-order valence-corrected chi connectivity index (χ4v) is 3.89. The highest BCUT2D eigenvalue weighted by Crippen LogP contribution is 2.31. The van der Waals surface area contributed by atoms with Gasteiger partial charge in [-0.3, -0.25) is 9.97 Å². The molecular formula is C23H24FN3. The molecule has 4 heteroatoms. The Morgan fingerprint density at radius 3 is 2.56 bits per heavy atom. The molecule has 1 atom stereocenters. The van der Waals surface area contributed by atoms with Crippen molar-refractivity contribution in [2.45, 2.75) is 25.2 Å². The summed E-state index contributed by atoms with van der Waals surface area (Å²) in [6, 6.07) is 17.2. The molecule has 0 spiro atoms. The molecule has 0 aliphatic carbocycles. The first-order valence-corrected chi connectivity index (χ1v) is 9.63. The van der Waals surface area contributed by atoms with Crippen LogP contribution in [0.3, 0.4) is 0 Å². The summed E-state index contributed by atoms with van der Waals surface area (Å²) in [5, 5.41) is 0. The minimum Gasteiger partial charge on any atom is -0.302 e. The Hall–Kier alpha value is -2.59. The van der Waals surface area contributed by atoms with Gasteiger partial charge in [-0.05, 0) is 55.6 Å². The lowest BCUT2D eigenvalue weighted by Crippen LogP contribution is -2.36. The second-order valence-corrected chi connectivity index (χ2v) is 7.17. The van der Waals surface area contributed by atoms with Crippen LogP contribution in [0.5, 0.6) is 0 Å². The normalized spacial score (nSPS) is 17.7. The molecule has 1 fully saturated rings. The van der Waals surface area contributed by atoms with Crippen LogP contribution >= 0.6 is 0 Å². The molecule has 0 saturated carbocycles. The van der Waals surface area contributed by atoms with E-state index in [1.54, 1.807) is 24.5 Å². The van der Waals surface area contributed by atoms with E-state index in [9.17, 15) is 4.39 Å². The molecule has 4 rings (SSSR count). The molecule has 27 heavy (non-hydrogen) atoms. The Labute approximate surface area is 159 Å². The lowest BCUT2D eigenvalue weighted by Gasteiger charge is -2.33. The van der Waals surface area contributed by atoms with Crippen molar-refractivity contribution in [1.29, 1.82) is 0 Å². The number of nitrogens with zero attached hydrogens (tertiary/aromatic N) is 3. The Bertz CT molecular complexity index is 864. The molecule has 1 saturated heterocycles. The summed E-state index contributed by atoms with van der Waals surface area (Å²) >= 11 is 0. The van der Waals surface area contributed by atoms with Crippen LogP contribution < -0.4 is 0 Å². The third-order valence-electron chi connectivity index (χ3n) is 5.30. The van der Waals surface area contributed by atoms with Gasteiger partial charge in [0.15, 0.2) is 0 Å². The second kappa shape index (κ2) is 8.40. The first-order valence-electron chi connectivity index (χ1n) is 9.63. The van der Waals surface area contributed by atoms with Crippen LogP contribution in [0.4, 0.5) is 4.39 Å². The van der Waals surface area contributed by atoms with Gasteiger partial charge in [-0.15, -0.1) is 0 Å². The molecule has 138 valence electrons. The van der Waals surface area contributed by atoms with Crippen LogP contribution in [0.25, 0.3) is 11.3 Å². The van der Waals surface area contributed by atoms with Crippen molar-refractivity contribution >= 4 is 0 Å². The van der Waals surface area contributed by atoms with Crippen LogP contribution in [0.2, 0.25) is 0 Å². The van der Waals surface area contributed by atoms with Crippen molar-refractivity contribution in [1.82, 2.24) is 14.9 Å². The highest BCUT2D eigenvalue weighted by Gasteiger charge is 2.25. The SMILES string of the molecule is Fc1ccc(-c2nccnc2[C@@H]2CCCN(CCc3ccccc3)C2)cc1. The zero-order valence-corrected chi connectivity index (χ0v) is 15.4. The van der Waals surface area contributed by atoms with Crippen LogP contribution in [0, 0.1) is 5.82 Å². The van der Waals surface area contributed by atoms with Gasteiger partial charge in [-0.2, -0.15) is 0 Å². The molecule has 0 radical (unpaired) electrons. The van der Waals surface area contributed by atoms with Gasteiger partial charge in [0.2, 0.25) is 0 Å². The summed E-state index contributed by atoms with van der Waals surface area (Å²) in [7, 11) is 0. The minimum absolute atomic E-state index is 0.228. The summed E-state index contributed by atoms with van der Waals surface area (Å²) in [4.78, 5) is 11.8. The third-order valence-corrected chi connectivity index (χ3v) is 5.30. The van der Waals surface area contributed by atoms with Crippen LogP contribution in [-0.2, 0) is 6.42 Å². The van der Waals surface area contributed by atoms with Crippen molar-refractivity contribution < 1.29 is 4.39 Å². The number of aromatic nitrogens is 2. The van der Waals surface area contributed by atoms with Crippen molar-refractivity contribution in [3.8, 4) is 11.3 Å². The minimum atomic E-state index is -0.228. The predicted molar refractivity (Wildman–Crippen MR) is 106 cm³/mol. The summed E-state index contributed by atoms with van der Waals surface area (Å²) in [5.74, 6) is 0.136. The maximum atomic E-state index is 13.3. The summed E-state index contributed by atoms with van der Waals surface area (Å²) in [6.45, 7) is 3.20. The maximum absolute atomic E-state index is 13.3. The zero-order valence-electron chi connectivity index (χ0n) is 15.4. The van der Waals surface area contributed by atoms with Gasteiger partial charge in [-0.25, -0.2) is 4.39 Å². The number of hydrogen-bond donors (Lipinski definition) is 0. The Morgan fingerprint density at radius 2 is 1.74 bits per heavy atom. The fraction of sp³-hybridized carbons (Fsp3) is 0.304. The average Bonchev–Trinajstić information content (AvgIpc) is 2.74. The van der Waals surface area contributed by atoms with E-state index in [1.165, 1.54) is 24.1 Å². The number of likely N-dealkylation sites (tertiary alicyclic amines) is 1. The molecule has 1 aliphatic rings. The van der Waals surface area contributed by atoms with E-state index in [0.717, 1.165) is 49.4 Å². The number of hydrogen-bond acceptors (Lipinski definition) is 3. The summed E-state index contributed by atoms with van der Waals surface area (Å²) in [5.41, 5.74) is 4.23. The lowest BCUT2D eigenvalue weighted by molar-refractivity contribution is 0.208. The highest BCUT2D eigenvalue weighted by atomic mass is 19.1. The fourth-order valence-electron chi connectivity index (χ4n) is 3.89. The molecule has 2 heterocycles. The van der Waals surface area contributed by atoms with Gasteiger partial charge in [0.25, 0.3) is 0 Å². The van der Waals surface area contributed by atoms with E-state index in [-0.39, 0.29) is 5.82 Å². The van der Waals surface area contributed by atoms with Crippen LogP contribution in [0.15, 0.2) is 67.0 Å². The molecule has 0 amide bonds. The Morgan fingerprint density at radius 1 is 0.963 bits per heavy atom. The molecule has 1 aliphatic heterocycles. The molecule has 0 bridgehead atoms. The first kappa shape index (κ1) is 17.8. The maximum Gasteiger partial charge on any atom is 0.123 e. The smallest absolute Gasteiger partial charge is 0.123 e. The number of benzene rings is 2. The molecule has 2 aromatic carbocycles. The molecule has 1 aromatic heterocycles. The van der Waals surface area contributed by atoms with Gasteiger partial charge in [0, 0.05) is 37.0 Å². The van der Waals surface area contributed by atoms with Gasteiger partial charge in [-0.1, -0.05) is 30.3 Å². The van der Waals surface area contributed by atoms with E-state index >= 15 is 0 Å². The molecule has 3 nitrogen and oxygen atoms in total. The summed E-state index contributed by atoms with van der Waals surface area (Å²) < 4.78 is 13.3. The van der Waals surface area contributed by atoms with Crippen molar-refractivity contribution in [3.63, 3.8) is 0 Å². The summed E-state index contributed by atoms with van der Waals surface area (Å²) in [6.07, 6.45) is 6.84. The molecule has 3 aromatic rings. The Balaban J connectivity index is 1.49. The van der Waals surface area contributed by atoms with Gasteiger partial charge in [0.1, 0.15) is 5.82 Å². The molecule has 0 unspecified atom stereocenters. The van der Waals surface area contributed by atoms with Crippen molar-refractivity contribution in [2.24, 2.45) is 0 Å². The van der Waals surface area contributed by atoms with Crippen molar-refractivity contribution in [3.05, 3.63) is 84.1 Å². The average molecular weight is 361 g/mol. The molecule has 0 N–H and O–H groups in total. The monoisotopic (exact) mass is 361 g/mol. The lowest BCUT2D eigenvalue weighted by atomic mass is 9.91. The second-order valence-electron chi connectivity index (χ2n) is 7.17. The highest BCUT2D eigenvalue weighted by molar-refractivity contribution is 5.62. The van der Waals surface area contributed by atoms with E-state index in [2.05, 4.69) is 45.2 Å². The van der Waals surface area contributed by atoms with E-state index in [0.29, 0.717) is 5.92 Å². The van der Waals surface area contributed by atoms with E-state index in [1.807, 2.05) is 0 Å². The van der Waals surface area contributed by atoms with E-state index in [4.69, 9.17) is 0 Å². The first-order chi connectivity index (χ1) is 13.3. The molecular weight excluding hydrogens is 337 g/mol. The quantitative estimate of drug-likeness (QED) is 0.659. The van der Waals surface area contributed by atoms with Crippen molar-refractivity contribution in [2.75, 3.05) is 19.6 Å². The number of rotatable bonds is 5. The topological polar surface area (TPSA) is 29.0 Å². The van der Waals surface area contributed by atoms with Crippen LogP contribution in [-0.4, -0.2) is 34.5 Å². The Kier molecular flexibility index (Phi) is 5.54. The zero-order chi connectivity index (χ0) is 18.5. The van der Waals surface area contributed by atoms with Gasteiger partial charge < -0.3 is 4.90 Å². The number of halogens is 1. The largest absolute Gasteiger partial charge is 0.302 e. The van der Waals surface area contributed by atoms with Crippen LogP contribution in [0.1, 0.15) is 30.0 Å². The van der Waals surface area contributed by atoms with E-state index < -0.39 is 0 Å². The van der Waals surface area contributed by atoms with Gasteiger partial charge in [0.05, 0.1) is 11.4 Å². The standard InChI is InChI=1S/C23H24FN3/c24-21-10-8-19(9-11-21)22-23(26-14-13-25-22)20-7-4-15-27(17-20)16-12-18-5-2-1-3-6-18/h1-3,5-6,8-11,13-14,20H,4,7,12,15-17H2/t20-/m1/s1. The predicted octanol–water partition coefficient (Wildman–Crippen LogP) is 4.70. The van der Waals surface area contributed by atoms with Gasteiger partial charge >= 0.3 is 0 Å². The number of piperidine rings is 1.